The number of pyridine rings is 1. The summed E-state index contributed by atoms with van der Waals surface area (Å²) in [6, 6.07) is 26.9. The van der Waals surface area contributed by atoms with Crippen LogP contribution in [0, 0.1) is 0 Å². The van der Waals surface area contributed by atoms with Gasteiger partial charge in [-0.05, 0) is 47.0 Å². The molecule has 1 fully saturated rings. The van der Waals surface area contributed by atoms with E-state index in [0.29, 0.717) is 22.5 Å². The lowest BCUT2D eigenvalue weighted by atomic mass is 9.81. The molecule has 0 aliphatic carbocycles. The Morgan fingerprint density at radius 2 is 1.68 bits per heavy atom. The number of esters is 1. The number of rotatable bonds is 4. The SMILES string of the molecule is Nc1ccc(-c2ccccc2)cc1NC(=O)c1ccc(N2CCC3(CC2)Cc2ccccc2C(=O)O3)nc1. The van der Waals surface area contributed by atoms with E-state index in [-0.39, 0.29) is 11.9 Å². The van der Waals surface area contributed by atoms with E-state index in [1.807, 2.05) is 72.8 Å². The van der Waals surface area contributed by atoms with Crippen molar-refractivity contribution in [1.82, 2.24) is 4.98 Å². The average Bonchev–Trinajstić information content (AvgIpc) is 2.95. The van der Waals surface area contributed by atoms with Crippen molar-refractivity contribution in [3.63, 3.8) is 0 Å². The molecule has 0 saturated carbocycles. The van der Waals surface area contributed by atoms with Crippen molar-refractivity contribution in [3.05, 3.63) is 108 Å². The topological polar surface area (TPSA) is 97.6 Å². The highest BCUT2D eigenvalue weighted by Gasteiger charge is 2.42. The number of aromatic nitrogens is 1. The molecule has 6 rings (SSSR count). The van der Waals surface area contributed by atoms with Gasteiger partial charge in [-0.1, -0.05) is 54.6 Å². The zero-order chi connectivity index (χ0) is 26.1. The number of hydrogen-bond acceptors (Lipinski definition) is 6. The summed E-state index contributed by atoms with van der Waals surface area (Å²) in [5.41, 5.74) is 10.9. The van der Waals surface area contributed by atoms with Gasteiger partial charge in [0.15, 0.2) is 0 Å². The maximum absolute atomic E-state index is 13.0. The molecule has 3 heterocycles. The van der Waals surface area contributed by atoms with E-state index in [1.165, 1.54) is 0 Å². The minimum absolute atomic E-state index is 0.233. The number of benzene rings is 3. The predicted molar refractivity (Wildman–Crippen MR) is 148 cm³/mol. The number of nitrogens with one attached hydrogen (secondary N) is 1. The number of nitrogens with two attached hydrogens (primary N) is 1. The second kappa shape index (κ2) is 9.67. The van der Waals surface area contributed by atoms with Gasteiger partial charge in [-0.15, -0.1) is 0 Å². The molecule has 7 nitrogen and oxygen atoms in total. The monoisotopic (exact) mass is 504 g/mol. The second-order valence-corrected chi connectivity index (χ2v) is 9.92. The quantitative estimate of drug-likeness (QED) is 0.288. The summed E-state index contributed by atoms with van der Waals surface area (Å²) in [5.74, 6) is 0.291. The fourth-order valence-corrected chi connectivity index (χ4v) is 5.31. The van der Waals surface area contributed by atoms with Crippen molar-refractivity contribution in [2.75, 3.05) is 29.0 Å². The molecule has 38 heavy (non-hydrogen) atoms. The van der Waals surface area contributed by atoms with Crippen LogP contribution >= 0.6 is 0 Å². The zero-order valence-corrected chi connectivity index (χ0v) is 20.9. The molecular formula is C31H28N4O3. The lowest BCUT2D eigenvalue weighted by molar-refractivity contribution is -0.0369. The fraction of sp³-hybridized carbons (Fsp3) is 0.194. The van der Waals surface area contributed by atoms with Crippen molar-refractivity contribution < 1.29 is 14.3 Å². The Morgan fingerprint density at radius 1 is 0.921 bits per heavy atom. The van der Waals surface area contributed by atoms with Gasteiger partial charge < -0.3 is 20.7 Å². The number of carbonyl (C=O) groups is 2. The minimum Gasteiger partial charge on any atom is -0.455 e. The number of nitrogens with zero attached hydrogens (tertiary/aromatic N) is 2. The van der Waals surface area contributed by atoms with Gasteiger partial charge in [0, 0.05) is 38.5 Å². The van der Waals surface area contributed by atoms with Crippen LogP contribution < -0.4 is 16.0 Å². The van der Waals surface area contributed by atoms with Crippen LogP contribution in [0.15, 0.2) is 91.1 Å². The highest BCUT2D eigenvalue weighted by molar-refractivity contribution is 6.06. The summed E-state index contributed by atoms with van der Waals surface area (Å²) >= 11 is 0. The van der Waals surface area contributed by atoms with Crippen molar-refractivity contribution in [1.29, 1.82) is 0 Å². The van der Waals surface area contributed by atoms with Crippen LogP contribution in [0.5, 0.6) is 0 Å². The second-order valence-electron chi connectivity index (χ2n) is 9.92. The van der Waals surface area contributed by atoms with Crippen molar-refractivity contribution in [2.24, 2.45) is 0 Å². The molecule has 7 heteroatoms. The number of amides is 1. The lowest BCUT2D eigenvalue weighted by Crippen LogP contribution is -2.50. The molecule has 0 atom stereocenters. The molecule has 2 aliphatic heterocycles. The van der Waals surface area contributed by atoms with Crippen molar-refractivity contribution in [3.8, 4) is 11.1 Å². The Morgan fingerprint density at radius 3 is 2.45 bits per heavy atom. The standard InChI is InChI=1S/C31H28N4O3/c32-26-12-10-22(21-6-2-1-3-7-21)18-27(26)34-29(36)24-11-13-28(33-20-24)35-16-14-31(15-17-35)19-23-8-4-5-9-25(23)30(37)38-31/h1-13,18,20H,14-17,19,32H2,(H,34,36). The molecule has 1 aromatic heterocycles. The number of piperidine rings is 1. The van der Waals surface area contributed by atoms with E-state index in [0.717, 1.165) is 54.9 Å². The third kappa shape index (κ3) is 4.59. The van der Waals surface area contributed by atoms with E-state index in [2.05, 4.69) is 15.2 Å². The maximum atomic E-state index is 13.0. The highest BCUT2D eigenvalue weighted by Crippen LogP contribution is 2.37. The van der Waals surface area contributed by atoms with Crippen LogP contribution in [0.1, 0.15) is 39.1 Å². The van der Waals surface area contributed by atoms with Crippen LogP contribution in [0.3, 0.4) is 0 Å². The summed E-state index contributed by atoms with van der Waals surface area (Å²) in [7, 11) is 0. The molecule has 1 spiro atoms. The van der Waals surface area contributed by atoms with Gasteiger partial charge in [0.25, 0.3) is 5.91 Å². The van der Waals surface area contributed by atoms with E-state index in [4.69, 9.17) is 10.5 Å². The van der Waals surface area contributed by atoms with Gasteiger partial charge in [0.1, 0.15) is 11.4 Å². The van der Waals surface area contributed by atoms with Gasteiger partial charge in [0.2, 0.25) is 0 Å². The molecule has 1 amide bonds. The Balaban J connectivity index is 1.11. The first-order chi connectivity index (χ1) is 18.5. The zero-order valence-electron chi connectivity index (χ0n) is 20.9. The van der Waals surface area contributed by atoms with Crippen LogP contribution in [0.25, 0.3) is 11.1 Å². The molecule has 2 aliphatic rings. The molecule has 3 N–H and O–H groups in total. The Hall–Kier alpha value is -4.65. The summed E-state index contributed by atoms with van der Waals surface area (Å²) in [5, 5.41) is 2.92. The predicted octanol–water partition coefficient (Wildman–Crippen LogP) is 5.34. The lowest BCUT2D eigenvalue weighted by Gasteiger charge is -2.44. The molecule has 190 valence electrons. The molecular weight excluding hydrogens is 476 g/mol. The molecule has 0 unspecified atom stereocenters. The fourth-order valence-electron chi connectivity index (χ4n) is 5.31. The highest BCUT2D eigenvalue weighted by atomic mass is 16.6. The minimum atomic E-state index is -0.462. The van der Waals surface area contributed by atoms with E-state index >= 15 is 0 Å². The third-order valence-electron chi connectivity index (χ3n) is 7.48. The summed E-state index contributed by atoms with van der Waals surface area (Å²) in [6.45, 7) is 1.44. The molecule has 4 aromatic rings. The van der Waals surface area contributed by atoms with E-state index in [9.17, 15) is 9.59 Å². The normalized spacial score (nSPS) is 16.0. The molecule has 3 aromatic carbocycles. The third-order valence-corrected chi connectivity index (χ3v) is 7.48. The number of anilines is 3. The Kier molecular flexibility index (Phi) is 6.04. The number of fused-ring (bicyclic) bond motifs is 1. The van der Waals surface area contributed by atoms with E-state index in [1.54, 1.807) is 18.3 Å². The van der Waals surface area contributed by atoms with E-state index < -0.39 is 5.60 Å². The smallest absolute Gasteiger partial charge is 0.338 e. The van der Waals surface area contributed by atoms with Gasteiger partial charge in [-0.2, -0.15) is 0 Å². The Labute approximate surface area is 221 Å². The summed E-state index contributed by atoms with van der Waals surface area (Å²) in [4.78, 5) is 32.3. The number of ether oxygens (including phenoxy) is 1. The Bertz CT molecular complexity index is 1490. The van der Waals surface area contributed by atoms with Gasteiger partial charge in [0.05, 0.1) is 22.5 Å². The summed E-state index contributed by atoms with van der Waals surface area (Å²) < 4.78 is 5.93. The van der Waals surface area contributed by atoms with Crippen molar-refractivity contribution in [2.45, 2.75) is 24.9 Å². The largest absolute Gasteiger partial charge is 0.455 e. The first kappa shape index (κ1) is 23.7. The molecule has 0 bridgehead atoms. The van der Waals surface area contributed by atoms with Crippen LogP contribution in [0.4, 0.5) is 17.2 Å². The molecule has 0 radical (unpaired) electrons. The number of nitrogen functional groups attached to an aromatic ring is 1. The van der Waals surface area contributed by atoms with Crippen LogP contribution in [0.2, 0.25) is 0 Å². The first-order valence-corrected chi connectivity index (χ1v) is 12.8. The number of hydrogen-bond donors (Lipinski definition) is 2. The first-order valence-electron chi connectivity index (χ1n) is 12.8. The number of carbonyl (C=O) groups excluding carboxylic acids is 2. The van der Waals surface area contributed by atoms with Gasteiger partial charge >= 0.3 is 5.97 Å². The molecule has 1 saturated heterocycles. The van der Waals surface area contributed by atoms with Crippen molar-refractivity contribution >= 4 is 29.1 Å². The van der Waals surface area contributed by atoms with Crippen LogP contribution in [-0.2, 0) is 11.2 Å². The van der Waals surface area contributed by atoms with Gasteiger partial charge in [-0.3, -0.25) is 4.79 Å². The summed E-state index contributed by atoms with van der Waals surface area (Å²) in [6.07, 6.45) is 3.79. The average molecular weight is 505 g/mol. The van der Waals surface area contributed by atoms with Crippen LogP contribution in [-0.4, -0.2) is 35.6 Å². The maximum Gasteiger partial charge on any atom is 0.338 e. The van der Waals surface area contributed by atoms with Gasteiger partial charge in [-0.25, -0.2) is 9.78 Å².